The molecule has 2 aromatic carbocycles. The van der Waals surface area contributed by atoms with Crippen molar-refractivity contribution < 1.29 is 23.9 Å². The van der Waals surface area contributed by atoms with E-state index in [2.05, 4.69) is 15.9 Å². The summed E-state index contributed by atoms with van der Waals surface area (Å²) < 4.78 is 10.7. The molecule has 1 aliphatic rings. The second-order valence-corrected chi connectivity index (χ2v) is 8.06. The van der Waals surface area contributed by atoms with Gasteiger partial charge in [-0.1, -0.05) is 28.1 Å². The molecule has 0 unspecified atom stereocenters. The van der Waals surface area contributed by atoms with E-state index in [0.29, 0.717) is 43.9 Å². The summed E-state index contributed by atoms with van der Waals surface area (Å²) in [5.74, 6) is 0.270. The van der Waals surface area contributed by atoms with Crippen molar-refractivity contribution in [3.63, 3.8) is 0 Å². The summed E-state index contributed by atoms with van der Waals surface area (Å²) in [6.07, 6.45) is 0.289. The molecule has 1 fully saturated rings. The molecule has 0 radical (unpaired) electrons. The number of ether oxygens (including phenoxy) is 2. The minimum absolute atomic E-state index is 0.0628. The Morgan fingerprint density at radius 2 is 1.68 bits per heavy atom. The van der Waals surface area contributed by atoms with Crippen LogP contribution in [0.5, 0.6) is 5.75 Å². The van der Waals surface area contributed by atoms with Gasteiger partial charge in [-0.3, -0.25) is 9.59 Å². The number of nitrogens with zero attached hydrogens (tertiary/aromatic N) is 2. The standard InChI is InChI=1S/C23H25BrN2O5/c1-2-30-23(29)31-20-9-7-18(8-10-20)22(28)26-12-4-11-25(13-14-26)21(27)16-17-5-3-6-19(24)15-17/h3,5-10,15H,2,4,11-14,16H2,1H3. The van der Waals surface area contributed by atoms with E-state index in [0.717, 1.165) is 16.5 Å². The first kappa shape index (κ1) is 22.8. The molecule has 1 saturated heterocycles. The molecule has 164 valence electrons. The fraction of sp³-hybridized carbons (Fsp3) is 0.348. The van der Waals surface area contributed by atoms with Crippen molar-refractivity contribution in [2.45, 2.75) is 19.8 Å². The molecule has 0 atom stereocenters. The number of carbonyl (C=O) groups excluding carboxylic acids is 3. The monoisotopic (exact) mass is 488 g/mol. The molecule has 0 aliphatic carbocycles. The van der Waals surface area contributed by atoms with Gasteiger partial charge in [0.05, 0.1) is 13.0 Å². The van der Waals surface area contributed by atoms with Crippen LogP contribution in [0.1, 0.15) is 29.3 Å². The summed E-state index contributed by atoms with van der Waals surface area (Å²) in [5, 5.41) is 0. The lowest BCUT2D eigenvalue weighted by atomic mass is 10.1. The van der Waals surface area contributed by atoms with E-state index in [1.807, 2.05) is 29.2 Å². The number of carbonyl (C=O) groups is 3. The summed E-state index contributed by atoms with van der Waals surface area (Å²) in [6, 6.07) is 14.1. The van der Waals surface area contributed by atoms with Crippen LogP contribution in [-0.4, -0.2) is 60.6 Å². The molecule has 2 amide bonds. The van der Waals surface area contributed by atoms with Crippen LogP contribution in [0, 0.1) is 0 Å². The van der Waals surface area contributed by atoms with Gasteiger partial charge < -0.3 is 19.3 Å². The van der Waals surface area contributed by atoms with Gasteiger partial charge >= 0.3 is 6.16 Å². The third-order valence-corrected chi connectivity index (χ3v) is 5.44. The second-order valence-electron chi connectivity index (χ2n) is 7.14. The summed E-state index contributed by atoms with van der Waals surface area (Å²) in [5.41, 5.74) is 1.46. The van der Waals surface area contributed by atoms with Gasteiger partial charge in [-0.15, -0.1) is 0 Å². The molecule has 0 N–H and O–H groups in total. The van der Waals surface area contributed by atoms with Crippen molar-refractivity contribution >= 4 is 33.9 Å². The first-order chi connectivity index (χ1) is 15.0. The first-order valence-electron chi connectivity index (χ1n) is 10.2. The maximum atomic E-state index is 12.9. The Bertz CT molecular complexity index is 932. The van der Waals surface area contributed by atoms with Gasteiger partial charge in [-0.05, 0) is 55.3 Å². The molecule has 0 spiro atoms. The molecule has 0 aromatic heterocycles. The quantitative estimate of drug-likeness (QED) is 0.471. The van der Waals surface area contributed by atoms with Crippen LogP contribution in [0.3, 0.4) is 0 Å². The highest BCUT2D eigenvalue weighted by molar-refractivity contribution is 9.10. The van der Waals surface area contributed by atoms with E-state index in [1.54, 1.807) is 36.1 Å². The summed E-state index contributed by atoms with van der Waals surface area (Å²) in [7, 11) is 0. The number of benzene rings is 2. The Hall–Kier alpha value is -2.87. The minimum Gasteiger partial charge on any atom is -0.434 e. The van der Waals surface area contributed by atoms with E-state index in [4.69, 9.17) is 9.47 Å². The lowest BCUT2D eigenvalue weighted by Gasteiger charge is -2.22. The fourth-order valence-electron chi connectivity index (χ4n) is 3.39. The highest BCUT2D eigenvalue weighted by atomic mass is 79.9. The van der Waals surface area contributed by atoms with Crippen LogP contribution < -0.4 is 4.74 Å². The maximum Gasteiger partial charge on any atom is 0.513 e. The van der Waals surface area contributed by atoms with Gasteiger partial charge in [0.2, 0.25) is 5.91 Å². The normalized spacial score (nSPS) is 14.0. The molecular formula is C23H25BrN2O5. The second kappa shape index (κ2) is 10.9. The third kappa shape index (κ3) is 6.55. The van der Waals surface area contributed by atoms with E-state index < -0.39 is 6.16 Å². The van der Waals surface area contributed by atoms with Gasteiger partial charge in [-0.25, -0.2) is 4.79 Å². The van der Waals surface area contributed by atoms with Gasteiger partial charge in [0.25, 0.3) is 5.91 Å². The Kier molecular flexibility index (Phi) is 8.06. The Balaban J connectivity index is 1.55. The SMILES string of the molecule is CCOC(=O)Oc1ccc(C(=O)N2CCCN(C(=O)Cc3cccc(Br)c3)CC2)cc1. The van der Waals surface area contributed by atoms with Crippen molar-refractivity contribution in [2.75, 3.05) is 32.8 Å². The third-order valence-electron chi connectivity index (χ3n) is 4.94. The van der Waals surface area contributed by atoms with Gasteiger partial charge in [0.1, 0.15) is 5.75 Å². The fourth-order valence-corrected chi connectivity index (χ4v) is 3.84. The van der Waals surface area contributed by atoms with E-state index in [1.165, 1.54) is 0 Å². The highest BCUT2D eigenvalue weighted by Gasteiger charge is 2.23. The van der Waals surface area contributed by atoms with Crippen LogP contribution in [0.2, 0.25) is 0 Å². The number of amides is 2. The number of hydrogen-bond donors (Lipinski definition) is 0. The molecule has 7 nitrogen and oxygen atoms in total. The van der Waals surface area contributed by atoms with Crippen molar-refractivity contribution in [3.05, 3.63) is 64.1 Å². The Labute approximate surface area is 190 Å². The zero-order valence-corrected chi connectivity index (χ0v) is 19.0. The molecular weight excluding hydrogens is 464 g/mol. The Morgan fingerprint density at radius 1 is 0.968 bits per heavy atom. The van der Waals surface area contributed by atoms with Crippen molar-refractivity contribution in [1.82, 2.24) is 9.80 Å². The smallest absolute Gasteiger partial charge is 0.434 e. The van der Waals surface area contributed by atoms with Crippen LogP contribution in [0.25, 0.3) is 0 Å². The first-order valence-corrected chi connectivity index (χ1v) is 11.0. The largest absolute Gasteiger partial charge is 0.513 e. The van der Waals surface area contributed by atoms with Crippen LogP contribution in [0.15, 0.2) is 53.0 Å². The maximum absolute atomic E-state index is 12.9. The number of halogens is 1. The predicted octanol–water partition coefficient (Wildman–Crippen LogP) is 3.90. The molecule has 0 saturated carbocycles. The lowest BCUT2D eigenvalue weighted by Crippen LogP contribution is -2.38. The van der Waals surface area contributed by atoms with Gasteiger partial charge in [0, 0.05) is 36.2 Å². The predicted molar refractivity (Wildman–Crippen MR) is 119 cm³/mol. The topological polar surface area (TPSA) is 76.2 Å². The van der Waals surface area contributed by atoms with Crippen LogP contribution in [-0.2, 0) is 16.0 Å². The molecule has 1 heterocycles. The van der Waals surface area contributed by atoms with Gasteiger partial charge in [-0.2, -0.15) is 0 Å². The molecule has 0 bridgehead atoms. The Morgan fingerprint density at radius 3 is 2.39 bits per heavy atom. The van der Waals surface area contributed by atoms with E-state index >= 15 is 0 Å². The highest BCUT2D eigenvalue weighted by Crippen LogP contribution is 2.17. The number of hydrogen-bond acceptors (Lipinski definition) is 5. The zero-order chi connectivity index (χ0) is 22.2. The summed E-state index contributed by atoms with van der Waals surface area (Å²) in [6.45, 7) is 4.11. The molecule has 3 rings (SSSR count). The summed E-state index contributed by atoms with van der Waals surface area (Å²) in [4.78, 5) is 40.5. The molecule has 8 heteroatoms. The molecule has 2 aromatic rings. The minimum atomic E-state index is -0.776. The lowest BCUT2D eigenvalue weighted by molar-refractivity contribution is -0.130. The average molecular weight is 489 g/mol. The number of rotatable bonds is 5. The van der Waals surface area contributed by atoms with Crippen molar-refractivity contribution in [3.8, 4) is 5.75 Å². The average Bonchev–Trinajstić information content (AvgIpc) is 3.00. The molecule has 31 heavy (non-hydrogen) atoms. The zero-order valence-electron chi connectivity index (χ0n) is 17.4. The molecule has 1 aliphatic heterocycles. The summed E-state index contributed by atoms with van der Waals surface area (Å²) >= 11 is 3.43. The van der Waals surface area contributed by atoms with Crippen LogP contribution in [0.4, 0.5) is 4.79 Å². The van der Waals surface area contributed by atoms with Crippen molar-refractivity contribution in [1.29, 1.82) is 0 Å². The van der Waals surface area contributed by atoms with E-state index in [9.17, 15) is 14.4 Å². The van der Waals surface area contributed by atoms with E-state index in [-0.39, 0.29) is 18.4 Å². The van der Waals surface area contributed by atoms with Crippen molar-refractivity contribution in [2.24, 2.45) is 0 Å². The van der Waals surface area contributed by atoms with Gasteiger partial charge in [0.15, 0.2) is 0 Å². The van der Waals surface area contributed by atoms with Crippen LogP contribution >= 0.6 is 15.9 Å².